The van der Waals surface area contributed by atoms with E-state index >= 15 is 0 Å². The first-order valence-corrected chi connectivity index (χ1v) is 10.6. The average Bonchev–Trinajstić information content (AvgIpc) is 2.68. The summed E-state index contributed by atoms with van der Waals surface area (Å²) in [6.07, 6.45) is 3.78. The minimum atomic E-state index is -0.462. The maximum Gasteiger partial charge on any atom is 0.261 e. The number of carbonyl (C=O) groups excluding carboxylic acids is 2. The molecule has 6 nitrogen and oxygen atoms in total. The lowest BCUT2D eigenvalue weighted by Crippen LogP contribution is -2.35. The van der Waals surface area contributed by atoms with E-state index in [0.717, 1.165) is 24.2 Å². The molecule has 2 N–H and O–H groups in total. The molecule has 1 aromatic carbocycles. The minimum absolute atomic E-state index is 0.0125. The molecule has 0 spiro atoms. The van der Waals surface area contributed by atoms with Crippen molar-refractivity contribution in [1.29, 1.82) is 0 Å². The lowest BCUT2D eigenvalue weighted by molar-refractivity contribution is 0.0910. The number of aromatic amines is 1. The van der Waals surface area contributed by atoms with Crippen LogP contribution < -0.4 is 15.6 Å². The molecule has 1 aromatic heterocycles. The monoisotopic (exact) mass is 410 g/mol. The predicted molar refractivity (Wildman–Crippen MR) is 116 cm³/mol. The standard InChI is InChI=1S/C24H30N2O4/c1-4-5-12-30-17-8-6-16(7-9-17)10-11-25-22(28)19-13-18-20(26-23(19)29)14-24(2,3)15-21(18)27/h6-9,13H,4-5,10-12,14-15H2,1-3H3,(H,25,28)(H,26,29). The highest BCUT2D eigenvalue weighted by molar-refractivity contribution is 6.02. The summed E-state index contributed by atoms with van der Waals surface area (Å²) in [5.41, 5.74) is 1.49. The van der Waals surface area contributed by atoms with Crippen LogP contribution in [-0.2, 0) is 12.8 Å². The second-order valence-electron chi connectivity index (χ2n) is 8.70. The van der Waals surface area contributed by atoms with Crippen LogP contribution in [0.15, 0.2) is 35.1 Å². The first-order valence-electron chi connectivity index (χ1n) is 10.6. The first kappa shape index (κ1) is 21.8. The number of ketones is 1. The molecule has 0 radical (unpaired) electrons. The molecule has 0 saturated carbocycles. The van der Waals surface area contributed by atoms with E-state index in [2.05, 4.69) is 17.2 Å². The molecular weight excluding hydrogens is 380 g/mol. The lowest BCUT2D eigenvalue weighted by atomic mass is 9.75. The van der Waals surface area contributed by atoms with E-state index in [1.54, 1.807) is 0 Å². The Kier molecular flexibility index (Phi) is 6.75. The van der Waals surface area contributed by atoms with E-state index in [0.29, 0.717) is 43.7 Å². The summed E-state index contributed by atoms with van der Waals surface area (Å²) >= 11 is 0. The number of hydrogen-bond acceptors (Lipinski definition) is 4. The third-order valence-electron chi connectivity index (χ3n) is 5.35. The molecule has 1 aliphatic carbocycles. The summed E-state index contributed by atoms with van der Waals surface area (Å²) in [4.78, 5) is 40.1. The fraction of sp³-hybridized carbons (Fsp3) is 0.458. The number of fused-ring (bicyclic) bond motifs is 1. The number of ether oxygens (including phenoxy) is 1. The maximum atomic E-state index is 12.5. The van der Waals surface area contributed by atoms with Crippen LogP contribution in [0.4, 0.5) is 0 Å². The molecule has 0 atom stereocenters. The predicted octanol–water partition coefficient (Wildman–Crippen LogP) is 3.68. The van der Waals surface area contributed by atoms with Crippen LogP contribution in [0.1, 0.15) is 72.0 Å². The molecule has 0 unspecified atom stereocenters. The second kappa shape index (κ2) is 9.28. The highest BCUT2D eigenvalue weighted by Crippen LogP contribution is 2.33. The molecule has 1 aliphatic rings. The molecule has 3 rings (SSSR count). The summed E-state index contributed by atoms with van der Waals surface area (Å²) in [5.74, 6) is 0.341. The highest BCUT2D eigenvalue weighted by Gasteiger charge is 2.32. The van der Waals surface area contributed by atoms with Gasteiger partial charge in [-0.25, -0.2) is 0 Å². The van der Waals surface area contributed by atoms with Crippen LogP contribution in [0.2, 0.25) is 0 Å². The number of Topliss-reactive ketones (excluding diaryl/α,β-unsaturated/α-hetero) is 1. The van der Waals surface area contributed by atoms with Gasteiger partial charge in [-0.1, -0.05) is 39.3 Å². The quantitative estimate of drug-likeness (QED) is 0.650. The Balaban J connectivity index is 1.58. The van der Waals surface area contributed by atoms with E-state index < -0.39 is 11.5 Å². The van der Waals surface area contributed by atoms with Crippen molar-refractivity contribution in [3.63, 3.8) is 0 Å². The van der Waals surface area contributed by atoms with Crippen molar-refractivity contribution in [3.05, 3.63) is 63.1 Å². The Bertz CT molecular complexity index is 974. The highest BCUT2D eigenvalue weighted by atomic mass is 16.5. The molecule has 6 heteroatoms. The van der Waals surface area contributed by atoms with Gasteiger partial charge in [0.05, 0.1) is 6.61 Å². The van der Waals surface area contributed by atoms with Crippen molar-refractivity contribution in [2.45, 2.75) is 52.9 Å². The number of amides is 1. The van der Waals surface area contributed by atoms with E-state index in [4.69, 9.17) is 4.74 Å². The van der Waals surface area contributed by atoms with Crippen molar-refractivity contribution in [1.82, 2.24) is 10.3 Å². The molecule has 0 fully saturated rings. The van der Waals surface area contributed by atoms with Gasteiger partial charge in [-0.2, -0.15) is 0 Å². The zero-order chi connectivity index (χ0) is 21.7. The summed E-state index contributed by atoms with van der Waals surface area (Å²) < 4.78 is 5.65. The van der Waals surface area contributed by atoms with E-state index in [1.165, 1.54) is 6.07 Å². The number of rotatable bonds is 8. The Morgan fingerprint density at radius 3 is 2.60 bits per heavy atom. The number of unbranched alkanes of at least 4 members (excludes halogenated alkanes) is 1. The SMILES string of the molecule is CCCCOc1ccc(CCNC(=O)c2cc3c([nH]c2=O)CC(C)(C)CC3=O)cc1. The molecule has 1 heterocycles. The van der Waals surface area contributed by atoms with E-state index in [1.807, 2.05) is 38.1 Å². The largest absolute Gasteiger partial charge is 0.494 e. The van der Waals surface area contributed by atoms with Crippen molar-refractivity contribution in [2.24, 2.45) is 5.41 Å². The van der Waals surface area contributed by atoms with Crippen LogP contribution in [-0.4, -0.2) is 29.8 Å². The summed E-state index contributed by atoms with van der Waals surface area (Å²) in [7, 11) is 0. The smallest absolute Gasteiger partial charge is 0.261 e. The van der Waals surface area contributed by atoms with Crippen LogP contribution in [0, 0.1) is 5.41 Å². The number of pyridine rings is 1. The van der Waals surface area contributed by atoms with Gasteiger partial charge in [-0.3, -0.25) is 14.4 Å². The number of carbonyl (C=O) groups is 2. The van der Waals surface area contributed by atoms with Gasteiger partial charge in [0, 0.05) is 24.2 Å². The summed E-state index contributed by atoms with van der Waals surface area (Å²) in [6.45, 7) is 7.22. The van der Waals surface area contributed by atoms with Gasteiger partial charge in [-0.15, -0.1) is 0 Å². The fourth-order valence-corrected chi connectivity index (χ4v) is 3.70. The zero-order valence-corrected chi connectivity index (χ0v) is 18.0. The summed E-state index contributed by atoms with van der Waals surface area (Å²) in [5, 5.41) is 2.78. The van der Waals surface area contributed by atoms with Crippen molar-refractivity contribution in [3.8, 4) is 5.75 Å². The van der Waals surface area contributed by atoms with Gasteiger partial charge < -0.3 is 15.0 Å². The van der Waals surface area contributed by atoms with E-state index in [-0.39, 0.29) is 16.8 Å². The third kappa shape index (κ3) is 5.38. The minimum Gasteiger partial charge on any atom is -0.494 e. The van der Waals surface area contributed by atoms with Gasteiger partial charge >= 0.3 is 0 Å². The molecule has 0 bridgehead atoms. The van der Waals surface area contributed by atoms with Crippen LogP contribution >= 0.6 is 0 Å². The third-order valence-corrected chi connectivity index (χ3v) is 5.35. The number of aromatic nitrogens is 1. The van der Waals surface area contributed by atoms with Gasteiger partial charge in [0.25, 0.3) is 11.5 Å². The molecule has 0 saturated heterocycles. The number of H-pyrrole nitrogens is 1. The van der Waals surface area contributed by atoms with Crippen molar-refractivity contribution in [2.75, 3.05) is 13.2 Å². The van der Waals surface area contributed by atoms with Crippen LogP contribution in [0.3, 0.4) is 0 Å². The topological polar surface area (TPSA) is 88.3 Å². The molecule has 1 amide bonds. The van der Waals surface area contributed by atoms with Crippen LogP contribution in [0.25, 0.3) is 0 Å². The molecule has 30 heavy (non-hydrogen) atoms. The Morgan fingerprint density at radius 1 is 1.17 bits per heavy atom. The van der Waals surface area contributed by atoms with Crippen molar-refractivity contribution < 1.29 is 14.3 Å². The molecular formula is C24H30N2O4. The van der Waals surface area contributed by atoms with Gasteiger partial charge in [0.1, 0.15) is 11.3 Å². The van der Waals surface area contributed by atoms with Gasteiger partial charge in [-0.05, 0) is 48.4 Å². The Morgan fingerprint density at radius 2 is 1.90 bits per heavy atom. The zero-order valence-electron chi connectivity index (χ0n) is 18.0. The number of hydrogen-bond donors (Lipinski definition) is 2. The maximum absolute atomic E-state index is 12.5. The second-order valence-corrected chi connectivity index (χ2v) is 8.70. The number of nitrogens with one attached hydrogen (secondary N) is 2. The number of benzene rings is 1. The Hall–Kier alpha value is -2.89. The Labute approximate surface area is 177 Å². The molecule has 0 aliphatic heterocycles. The van der Waals surface area contributed by atoms with E-state index in [9.17, 15) is 14.4 Å². The summed E-state index contributed by atoms with van der Waals surface area (Å²) in [6, 6.07) is 9.24. The molecule has 160 valence electrons. The lowest BCUT2D eigenvalue weighted by Gasteiger charge is -2.29. The normalized spacial score (nSPS) is 14.8. The first-order chi connectivity index (χ1) is 14.3. The van der Waals surface area contributed by atoms with Gasteiger partial charge in [0.2, 0.25) is 0 Å². The van der Waals surface area contributed by atoms with Crippen LogP contribution in [0.5, 0.6) is 5.75 Å². The fourth-order valence-electron chi connectivity index (χ4n) is 3.70. The van der Waals surface area contributed by atoms with Gasteiger partial charge in [0.15, 0.2) is 5.78 Å². The molecule has 2 aromatic rings. The van der Waals surface area contributed by atoms with Crippen molar-refractivity contribution >= 4 is 11.7 Å². The average molecular weight is 411 g/mol.